The van der Waals surface area contributed by atoms with Crippen LogP contribution in [0.3, 0.4) is 0 Å². The van der Waals surface area contributed by atoms with Gasteiger partial charge in [0.1, 0.15) is 0 Å². The average molecular weight is 452 g/mol. The Kier molecular flexibility index (Phi) is 6.00. The molecule has 0 bridgehead atoms. The molecule has 1 N–H and O–H groups in total. The van der Waals surface area contributed by atoms with Gasteiger partial charge in [0.2, 0.25) is 23.5 Å². The van der Waals surface area contributed by atoms with E-state index < -0.39 is 0 Å². The summed E-state index contributed by atoms with van der Waals surface area (Å²) in [5.74, 6) is 1.21. The van der Waals surface area contributed by atoms with E-state index in [9.17, 15) is 9.59 Å². The number of piperidine rings is 1. The third kappa shape index (κ3) is 4.58. The van der Waals surface area contributed by atoms with Crippen LogP contribution in [-0.4, -0.2) is 46.5 Å². The summed E-state index contributed by atoms with van der Waals surface area (Å²) in [7, 11) is 0. The number of rotatable bonds is 6. The molecule has 9 heteroatoms. The van der Waals surface area contributed by atoms with Crippen LogP contribution in [0.25, 0.3) is 10.7 Å². The molecule has 2 saturated heterocycles. The van der Waals surface area contributed by atoms with E-state index in [1.165, 1.54) is 0 Å². The Morgan fingerprint density at radius 3 is 2.97 bits per heavy atom. The Hall–Kier alpha value is -3.04. The van der Waals surface area contributed by atoms with Gasteiger partial charge in [0.15, 0.2) is 0 Å². The third-order valence-electron chi connectivity index (χ3n) is 5.94. The molecule has 1 aromatic carbocycles. The second-order valence-electron chi connectivity index (χ2n) is 8.25. The number of likely N-dealkylation sites (tertiary alicyclic amines) is 1. The molecule has 1 unspecified atom stereocenters. The summed E-state index contributed by atoms with van der Waals surface area (Å²) in [5.41, 5.74) is 1.57. The van der Waals surface area contributed by atoms with Gasteiger partial charge in [-0.2, -0.15) is 4.98 Å². The number of thiophene rings is 1. The van der Waals surface area contributed by atoms with Crippen LogP contribution >= 0.6 is 11.3 Å². The van der Waals surface area contributed by atoms with Gasteiger partial charge >= 0.3 is 0 Å². The van der Waals surface area contributed by atoms with Crippen LogP contribution in [0.15, 0.2) is 46.3 Å². The highest BCUT2D eigenvalue weighted by molar-refractivity contribution is 7.13. The lowest BCUT2D eigenvalue weighted by atomic mass is 9.97. The van der Waals surface area contributed by atoms with Crippen molar-refractivity contribution in [3.05, 3.63) is 47.7 Å². The maximum atomic E-state index is 13.0. The first-order valence-electron chi connectivity index (χ1n) is 11.0. The van der Waals surface area contributed by atoms with Gasteiger partial charge in [-0.25, -0.2) is 0 Å². The Balaban J connectivity index is 1.19. The molecule has 3 aromatic rings. The largest absolute Gasteiger partial charge is 0.338 e. The van der Waals surface area contributed by atoms with Crippen molar-refractivity contribution in [2.24, 2.45) is 5.92 Å². The van der Waals surface area contributed by atoms with Crippen LogP contribution in [0.5, 0.6) is 0 Å². The summed E-state index contributed by atoms with van der Waals surface area (Å²) in [6.45, 7) is 2.81. The zero-order valence-electron chi connectivity index (χ0n) is 17.7. The standard InChI is InChI=1S/C23H25N5O3S/c29-21-9-3-11-28(21)18-7-1-6-17(13-18)24-23(30)16-5-2-10-27(14-16)15-20-25-22(26-31-20)19-8-4-12-32-19/h1,4,6-8,12-13,16H,2-3,5,9-11,14-15H2,(H,24,30). The lowest BCUT2D eigenvalue weighted by Crippen LogP contribution is -2.40. The molecule has 5 rings (SSSR count). The van der Waals surface area contributed by atoms with Crippen LogP contribution in [0, 0.1) is 5.92 Å². The van der Waals surface area contributed by atoms with Crippen molar-refractivity contribution >= 4 is 34.5 Å². The minimum atomic E-state index is -0.111. The number of hydrogen-bond donors (Lipinski definition) is 1. The van der Waals surface area contributed by atoms with Gasteiger partial charge in [0.05, 0.1) is 17.3 Å². The summed E-state index contributed by atoms with van der Waals surface area (Å²) < 4.78 is 5.42. The molecule has 0 radical (unpaired) electrons. The third-order valence-corrected chi connectivity index (χ3v) is 6.81. The highest BCUT2D eigenvalue weighted by Gasteiger charge is 2.27. The molecule has 166 valence electrons. The number of amides is 2. The van der Waals surface area contributed by atoms with Gasteiger partial charge in [-0.1, -0.05) is 17.3 Å². The number of carbonyl (C=O) groups excluding carboxylic acids is 2. The SMILES string of the molecule is O=C(Nc1cccc(N2CCCC2=O)c1)C1CCCN(Cc2nc(-c3cccs3)no2)C1. The van der Waals surface area contributed by atoms with Crippen molar-refractivity contribution < 1.29 is 14.1 Å². The molecule has 2 aliphatic rings. The molecule has 2 aliphatic heterocycles. The van der Waals surface area contributed by atoms with E-state index in [2.05, 4.69) is 20.4 Å². The summed E-state index contributed by atoms with van der Waals surface area (Å²) in [6, 6.07) is 11.5. The Morgan fingerprint density at radius 2 is 2.16 bits per heavy atom. The van der Waals surface area contributed by atoms with Crippen molar-refractivity contribution in [2.45, 2.75) is 32.2 Å². The van der Waals surface area contributed by atoms with Crippen LogP contribution in [0.4, 0.5) is 11.4 Å². The quantitative estimate of drug-likeness (QED) is 0.613. The van der Waals surface area contributed by atoms with Crippen LogP contribution in [0.1, 0.15) is 31.6 Å². The van der Waals surface area contributed by atoms with Crippen molar-refractivity contribution in [1.29, 1.82) is 0 Å². The molecule has 0 aliphatic carbocycles. The fourth-order valence-electron chi connectivity index (χ4n) is 4.35. The topological polar surface area (TPSA) is 91.6 Å². The van der Waals surface area contributed by atoms with Crippen LogP contribution < -0.4 is 10.2 Å². The molecule has 4 heterocycles. The van der Waals surface area contributed by atoms with E-state index in [-0.39, 0.29) is 17.7 Å². The predicted molar refractivity (Wildman–Crippen MR) is 122 cm³/mol. The molecular formula is C23H25N5O3S. The van der Waals surface area contributed by atoms with Gasteiger partial charge in [0.25, 0.3) is 0 Å². The van der Waals surface area contributed by atoms with E-state index in [4.69, 9.17) is 4.52 Å². The molecule has 32 heavy (non-hydrogen) atoms. The number of nitrogens with zero attached hydrogens (tertiary/aromatic N) is 4. The lowest BCUT2D eigenvalue weighted by molar-refractivity contribution is -0.121. The fraction of sp³-hybridized carbons (Fsp3) is 0.391. The van der Waals surface area contributed by atoms with Gasteiger partial charge in [-0.05, 0) is 55.5 Å². The molecule has 2 aromatic heterocycles. The summed E-state index contributed by atoms with van der Waals surface area (Å²) in [5, 5.41) is 9.10. The Labute approximate surface area is 190 Å². The van der Waals surface area contributed by atoms with Crippen molar-refractivity contribution in [3.8, 4) is 10.7 Å². The van der Waals surface area contributed by atoms with E-state index in [0.29, 0.717) is 31.2 Å². The number of nitrogens with one attached hydrogen (secondary N) is 1. The van der Waals surface area contributed by atoms with Crippen LogP contribution in [0.2, 0.25) is 0 Å². The van der Waals surface area contributed by atoms with Gasteiger partial charge in [-0.3, -0.25) is 14.5 Å². The first-order valence-corrected chi connectivity index (χ1v) is 11.8. The number of hydrogen-bond acceptors (Lipinski definition) is 7. The van der Waals surface area contributed by atoms with E-state index in [0.717, 1.165) is 48.6 Å². The van der Waals surface area contributed by atoms with Gasteiger partial charge < -0.3 is 14.7 Å². The second-order valence-corrected chi connectivity index (χ2v) is 9.20. The maximum absolute atomic E-state index is 13.0. The first-order chi connectivity index (χ1) is 15.7. The minimum absolute atomic E-state index is 0.00408. The van der Waals surface area contributed by atoms with Gasteiger partial charge in [-0.15, -0.1) is 11.3 Å². The number of aromatic nitrogens is 2. The number of benzene rings is 1. The van der Waals surface area contributed by atoms with E-state index >= 15 is 0 Å². The fourth-order valence-corrected chi connectivity index (χ4v) is 5.00. The lowest BCUT2D eigenvalue weighted by Gasteiger charge is -2.31. The van der Waals surface area contributed by atoms with Gasteiger partial charge in [0, 0.05) is 30.9 Å². The second kappa shape index (κ2) is 9.22. The Morgan fingerprint density at radius 1 is 1.22 bits per heavy atom. The molecule has 1 atom stereocenters. The van der Waals surface area contributed by atoms with E-state index in [1.807, 2.05) is 41.8 Å². The van der Waals surface area contributed by atoms with Crippen molar-refractivity contribution in [3.63, 3.8) is 0 Å². The summed E-state index contributed by atoms with van der Waals surface area (Å²) in [6.07, 6.45) is 3.24. The maximum Gasteiger partial charge on any atom is 0.241 e. The highest BCUT2D eigenvalue weighted by Crippen LogP contribution is 2.26. The Bertz CT molecular complexity index is 1100. The molecular weight excluding hydrogens is 426 g/mol. The first kappa shape index (κ1) is 20.8. The zero-order chi connectivity index (χ0) is 21.9. The number of anilines is 2. The van der Waals surface area contributed by atoms with Crippen LogP contribution in [-0.2, 0) is 16.1 Å². The summed E-state index contributed by atoms with van der Waals surface area (Å²) in [4.78, 5) is 34.4. The molecule has 8 nitrogen and oxygen atoms in total. The molecule has 2 fully saturated rings. The number of carbonyl (C=O) groups is 2. The monoisotopic (exact) mass is 451 g/mol. The average Bonchev–Trinajstić information content (AvgIpc) is 3.56. The summed E-state index contributed by atoms with van der Waals surface area (Å²) >= 11 is 1.58. The molecule has 0 saturated carbocycles. The highest BCUT2D eigenvalue weighted by atomic mass is 32.1. The molecule has 2 amide bonds. The molecule has 0 spiro atoms. The zero-order valence-corrected chi connectivity index (χ0v) is 18.5. The smallest absolute Gasteiger partial charge is 0.241 e. The van der Waals surface area contributed by atoms with Crippen molar-refractivity contribution in [2.75, 3.05) is 29.9 Å². The van der Waals surface area contributed by atoms with Crippen molar-refractivity contribution in [1.82, 2.24) is 15.0 Å². The van der Waals surface area contributed by atoms with E-state index in [1.54, 1.807) is 16.2 Å². The normalized spacial score (nSPS) is 19.4. The predicted octanol–water partition coefficient (Wildman–Crippen LogP) is 3.78. The minimum Gasteiger partial charge on any atom is -0.338 e.